The lowest BCUT2D eigenvalue weighted by Gasteiger charge is -2.04. The van der Waals surface area contributed by atoms with Crippen LogP contribution in [0.5, 0.6) is 5.75 Å². The van der Waals surface area contributed by atoms with Crippen LogP contribution in [-0.2, 0) is 6.61 Å². The Morgan fingerprint density at radius 1 is 1.42 bits per heavy atom. The molecule has 6 heteroatoms. The van der Waals surface area contributed by atoms with Crippen molar-refractivity contribution in [3.8, 4) is 5.75 Å². The Kier molecular flexibility index (Phi) is 4.46. The van der Waals surface area contributed by atoms with E-state index in [1.165, 1.54) is 6.07 Å². The van der Waals surface area contributed by atoms with Gasteiger partial charge in [0.25, 0.3) is 0 Å². The number of para-hydroxylation sites is 1. The van der Waals surface area contributed by atoms with Crippen LogP contribution in [0.15, 0.2) is 28.8 Å². The fraction of sp³-hybridized carbons (Fsp3) is 0.385. The lowest BCUT2D eigenvalue weighted by atomic mass is 10.2. The van der Waals surface area contributed by atoms with Crippen LogP contribution in [0.1, 0.15) is 24.6 Å². The lowest BCUT2D eigenvalue weighted by Crippen LogP contribution is -2.15. The first kappa shape index (κ1) is 13.5. The number of hydrogen-bond donors (Lipinski definition) is 1. The normalized spacial score (nSPS) is 12.4. The fourth-order valence-electron chi connectivity index (χ4n) is 1.62. The van der Waals surface area contributed by atoms with E-state index in [-0.39, 0.29) is 18.3 Å². The third kappa shape index (κ3) is 3.51. The van der Waals surface area contributed by atoms with Gasteiger partial charge in [0.1, 0.15) is 0 Å². The molecule has 0 spiro atoms. The molecule has 1 unspecified atom stereocenters. The fourth-order valence-corrected chi connectivity index (χ4v) is 1.62. The van der Waals surface area contributed by atoms with Gasteiger partial charge >= 0.3 is 0 Å². The third-order valence-electron chi connectivity index (χ3n) is 2.61. The van der Waals surface area contributed by atoms with Gasteiger partial charge in [-0.25, -0.2) is 4.39 Å². The van der Waals surface area contributed by atoms with Crippen LogP contribution >= 0.6 is 0 Å². The van der Waals surface area contributed by atoms with Crippen molar-refractivity contribution in [2.24, 2.45) is 0 Å². The van der Waals surface area contributed by atoms with E-state index < -0.39 is 5.82 Å². The highest BCUT2D eigenvalue weighted by atomic mass is 19.1. The smallest absolute Gasteiger partial charge is 0.230 e. The van der Waals surface area contributed by atoms with Gasteiger partial charge in [0.2, 0.25) is 11.7 Å². The van der Waals surface area contributed by atoms with Crippen LogP contribution in [0.25, 0.3) is 0 Å². The summed E-state index contributed by atoms with van der Waals surface area (Å²) < 4.78 is 23.8. The summed E-state index contributed by atoms with van der Waals surface area (Å²) in [4.78, 5) is 4.21. The maximum absolute atomic E-state index is 13.3. The van der Waals surface area contributed by atoms with Gasteiger partial charge in [0, 0.05) is 12.5 Å². The van der Waals surface area contributed by atoms with Crippen molar-refractivity contribution in [1.29, 1.82) is 0 Å². The summed E-state index contributed by atoms with van der Waals surface area (Å²) in [5.74, 6) is 0.842. The Bertz CT molecular complexity index is 530. The first-order valence-electron chi connectivity index (χ1n) is 6.05. The van der Waals surface area contributed by atoms with E-state index in [1.54, 1.807) is 18.2 Å². The second-order valence-electron chi connectivity index (χ2n) is 4.23. The molecule has 0 saturated heterocycles. The molecular weight excluding hydrogens is 249 g/mol. The molecule has 0 radical (unpaired) electrons. The summed E-state index contributed by atoms with van der Waals surface area (Å²) in [5, 5.41) is 6.83. The first-order chi connectivity index (χ1) is 9.20. The van der Waals surface area contributed by atoms with Crippen molar-refractivity contribution < 1.29 is 13.7 Å². The average Bonchev–Trinajstić information content (AvgIpc) is 2.87. The molecule has 2 aromatic rings. The molecule has 0 amide bonds. The molecule has 2 rings (SSSR count). The van der Waals surface area contributed by atoms with E-state index in [9.17, 15) is 4.39 Å². The zero-order valence-electron chi connectivity index (χ0n) is 10.9. The number of hydrogen-bond acceptors (Lipinski definition) is 5. The van der Waals surface area contributed by atoms with Crippen LogP contribution in [0.3, 0.4) is 0 Å². The zero-order chi connectivity index (χ0) is 13.7. The molecule has 0 saturated carbocycles. The zero-order valence-corrected chi connectivity index (χ0v) is 10.9. The highest BCUT2D eigenvalue weighted by Crippen LogP contribution is 2.17. The van der Waals surface area contributed by atoms with E-state index in [2.05, 4.69) is 15.5 Å². The summed E-state index contributed by atoms with van der Waals surface area (Å²) in [6.45, 7) is 2.80. The van der Waals surface area contributed by atoms with Crippen LogP contribution < -0.4 is 10.1 Å². The largest absolute Gasteiger partial charge is 0.482 e. The molecule has 0 aliphatic rings. The molecule has 1 atom stereocenters. The highest BCUT2D eigenvalue weighted by Gasteiger charge is 2.14. The SMILES string of the molecule is CNCC(C)c1nc(COc2ccccc2F)no1. The minimum Gasteiger partial charge on any atom is -0.482 e. The summed E-state index contributed by atoms with van der Waals surface area (Å²) in [6.07, 6.45) is 0. The van der Waals surface area contributed by atoms with Gasteiger partial charge in [-0.2, -0.15) is 4.98 Å². The van der Waals surface area contributed by atoms with E-state index in [4.69, 9.17) is 9.26 Å². The van der Waals surface area contributed by atoms with Gasteiger partial charge in [0.05, 0.1) is 0 Å². The Balaban J connectivity index is 1.95. The quantitative estimate of drug-likeness (QED) is 0.866. The molecule has 0 bridgehead atoms. The molecule has 1 aromatic carbocycles. The number of ether oxygens (including phenoxy) is 1. The molecule has 1 N–H and O–H groups in total. The first-order valence-corrected chi connectivity index (χ1v) is 6.05. The van der Waals surface area contributed by atoms with Gasteiger partial charge in [-0.1, -0.05) is 24.2 Å². The standard InChI is InChI=1S/C13H16FN3O2/c1-9(7-15-2)13-16-12(17-19-13)8-18-11-6-4-3-5-10(11)14/h3-6,9,15H,7-8H2,1-2H3. The second kappa shape index (κ2) is 6.29. The monoisotopic (exact) mass is 265 g/mol. The van der Waals surface area contributed by atoms with E-state index in [0.29, 0.717) is 11.7 Å². The number of benzene rings is 1. The van der Waals surface area contributed by atoms with Crippen molar-refractivity contribution in [3.05, 3.63) is 41.8 Å². The summed E-state index contributed by atoms with van der Waals surface area (Å²) in [6, 6.07) is 6.20. The predicted octanol–water partition coefficient (Wildman–Crippen LogP) is 2.11. The Morgan fingerprint density at radius 2 is 2.21 bits per heavy atom. The Morgan fingerprint density at radius 3 is 2.95 bits per heavy atom. The predicted molar refractivity (Wildman–Crippen MR) is 67.4 cm³/mol. The van der Waals surface area contributed by atoms with Crippen molar-refractivity contribution >= 4 is 0 Å². The number of likely N-dealkylation sites (N-methyl/N-ethyl adjacent to an activating group) is 1. The summed E-state index contributed by atoms with van der Waals surface area (Å²) in [7, 11) is 1.86. The molecule has 0 aliphatic heterocycles. The van der Waals surface area contributed by atoms with Crippen molar-refractivity contribution in [2.75, 3.05) is 13.6 Å². The van der Waals surface area contributed by atoms with E-state index >= 15 is 0 Å². The van der Waals surface area contributed by atoms with Crippen molar-refractivity contribution in [3.63, 3.8) is 0 Å². The maximum Gasteiger partial charge on any atom is 0.230 e. The number of nitrogens with zero attached hydrogens (tertiary/aromatic N) is 2. The van der Waals surface area contributed by atoms with E-state index in [0.717, 1.165) is 6.54 Å². The third-order valence-corrected chi connectivity index (χ3v) is 2.61. The number of rotatable bonds is 6. The summed E-state index contributed by atoms with van der Waals surface area (Å²) >= 11 is 0. The van der Waals surface area contributed by atoms with Gasteiger partial charge in [-0.15, -0.1) is 0 Å². The van der Waals surface area contributed by atoms with Crippen molar-refractivity contribution in [2.45, 2.75) is 19.4 Å². The minimum absolute atomic E-state index is 0.0801. The lowest BCUT2D eigenvalue weighted by molar-refractivity contribution is 0.272. The highest BCUT2D eigenvalue weighted by molar-refractivity contribution is 5.23. The Labute approximate surface area is 110 Å². The van der Waals surface area contributed by atoms with Gasteiger partial charge in [-0.3, -0.25) is 0 Å². The maximum atomic E-state index is 13.3. The molecule has 5 nitrogen and oxygen atoms in total. The molecule has 0 aliphatic carbocycles. The molecule has 1 heterocycles. The summed E-state index contributed by atoms with van der Waals surface area (Å²) in [5.41, 5.74) is 0. The van der Waals surface area contributed by atoms with Crippen LogP contribution in [0, 0.1) is 5.82 Å². The molecular formula is C13H16FN3O2. The van der Waals surface area contributed by atoms with Gasteiger partial charge in [-0.05, 0) is 19.2 Å². The molecule has 0 fully saturated rings. The van der Waals surface area contributed by atoms with Crippen LogP contribution in [0.4, 0.5) is 4.39 Å². The Hall–Kier alpha value is -1.95. The average molecular weight is 265 g/mol. The molecule has 1 aromatic heterocycles. The van der Waals surface area contributed by atoms with Crippen LogP contribution in [0.2, 0.25) is 0 Å². The number of halogens is 1. The molecule has 19 heavy (non-hydrogen) atoms. The topological polar surface area (TPSA) is 60.2 Å². The van der Waals surface area contributed by atoms with Gasteiger partial charge < -0.3 is 14.6 Å². The molecule has 102 valence electrons. The van der Waals surface area contributed by atoms with Gasteiger partial charge in [0.15, 0.2) is 18.2 Å². The van der Waals surface area contributed by atoms with Crippen LogP contribution in [-0.4, -0.2) is 23.7 Å². The minimum atomic E-state index is -0.408. The van der Waals surface area contributed by atoms with E-state index in [1.807, 2.05) is 14.0 Å². The number of nitrogens with one attached hydrogen (secondary N) is 1. The number of aromatic nitrogens is 2. The second-order valence-corrected chi connectivity index (χ2v) is 4.23. The van der Waals surface area contributed by atoms with Crippen molar-refractivity contribution in [1.82, 2.24) is 15.5 Å².